The van der Waals surface area contributed by atoms with Crippen LogP contribution in [0.3, 0.4) is 0 Å². The zero-order valence-electron chi connectivity index (χ0n) is 10.0. The van der Waals surface area contributed by atoms with Crippen LogP contribution in [0.4, 0.5) is 0 Å². The van der Waals surface area contributed by atoms with Gasteiger partial charge in [0.1, 0.15) is 0 Å². The molecule has 0 aromatic heterocycles. The third-order valence-electron chi connectivity index (χ3n) is 4.27. The first-order valence-corrected chi connectivity index (χ1v) is 7.75. The minimum Gasteiger partial charge on any atom is -0.229 e. The first-order valence-electron chi connectivity index (χ1n) is 5.93. The highest BCUT2D eigenvalue weighted by molar-refractivity contribution is 7.91. The molecule has 2 rings (SSSR count). The van der Waals surface area contributed by atoms with E-state index in [0.29, 0.717) is 16.9 Å². The van der Waals surface area contributed by atoms with Gasteiger partial charge in [-0.25, -0.2) is 8.42 Å². The molecule has 0 atom stereocenters. The average molecular weight is 230 g/mol. The maximum absolute atomic E-state index is 11.6. The molecule has 1 heterocycles. The van der Waals surface area contributed by atoms with Crippen molar-refractivity contribution in [2.24, 2.45) is 16.7 Å². The predicted octanol–water partition coefficient (Wildman–Crippen LogP) is 2.64. The van der Waals surface area contributed by atoms with Gasteiger partial charge in [-0.1, -0.05) is 20.8 Å². The second-order valence-electron chi connectivity index (χ2n) is 6.67. The Hall–Kier alpha value is -0.0500. The summed E-state index contributed by atoms with van der Waals surface area (Å²) < 4.78 is 23.2. The summed E-state index contributed by atoms with van der Waals surface area (Å²) in [6.07, 6.45) is 4.30. The lowest BCUT2D eigenvalue weighted by Gasteiger charge is -2.54. The Morgan fingerprint density at radius 2 is 1.80 bits per heavy atom. The fourth-order valence-electron chi connectivity index (χ4n) is 3.20. The molecule has 1 aliphatic carbocycles. The van der Waals surface area contributed by atoms with Crippen LogP contribution in [0, 0.1) is 16.7 Å². The van der Waals surface area contributed by atoms with E-state index in [2.05, 4.69) is 20.8 Å². The van der Waals surface area contributed by atoms with Crippen LogP contribution < -0.4 is 0 Å². The maximum Gasteiger partial charge on any atom is 0.150 e. The Kier molecular flexibility index (Phi) is 2.46. The van der Waals surface area contributed by atoms with Crippen LogP contribution in [0.2, 0.25) is 0 Å². The second kappa shape index (κ2) is 3.22. The van der Waals surface area contributed by atoms with Gasteiger partial charge >= 0.3 is 0 Å². The normalized spacial score (nSPS) is 40.1. The van der Waals surface area contributed by atoms with Gasteiger partial charge in [-0.2, -0.15) is 0 Å². The Morgan fingerprint density at radius 1 is 1.20 bits per heavy atom. The van der Waals surface area contributed by atoms with Crippen molar-refractivity contribution in [3.63, 3.8) is 0 Å². The molecule has 0 amide bonds. The molecule has 1 saturated heterocycles. The molecule has 2 fully saturated rings. The molecule has 3 heteroatoms. The van der Waals surface area contributed by atoms with Crippen LogP contribution in [0.25, 0.3) is 0 Å². The van der Waals surface area contributed by atoms with Crippen molar-refractivity contribution in [3.8, 4) is 0 Å². The van der Waals surface area contributed by atoms with E-state index in [9.17, 15) is 8.42 Å². The van der Waals surface area contributed by atoms with E-state index in [1.165, 1.54) is 0 Å². The fraction of sp³-hybridized carbons (Fsp3) is 1.00. The van der Waals surface area contributed by atoms with Crippen LogP contribution in [0.15, 0.2) is 0 Å². The molecular weight excluding hydrogens is 208 g/mol. The van der Waals surface area contributed by atoms with Gasteiger partial charge in [-0.15, -0.1) is 0 Å². The Bertz CT molecular complexity index is 342. The maximum atomic E-state index is 11.6. The molecule has 0 unspecified atom stereocenters. The average Bonchev–Trinajstić information content (AvgIpc) is 1.95. The summed E-state index contributed by atoms with van der Waals surface area (Å²) in [6.45, 7) is 6.80. The summed E-state index contributed by atoms with van der Waals surface area (Å²) in [5.74, 6) is 1.62. The van der Waals surface area contributed by atoms with Gasteiger partial charge in [0.2, 0.25) is 0 Å². The van der Waals surface area contributed by atoms with Crippen LogP contribution in [0.1, 0.15) is 46.5 Å². The zero-order valence-corrected chi connectivity index (χ0v) is 10.9. The van der Waals surface area contributed by atoms with Crippen molar-refractivity contribution >= 4 is 9.84 Å². The van der Waals surface area contributed by atoms with E-state index in [1.807, 2.05) is 0 Å². The minimum absolute atomic E-state index is 0.176. The fourth-order valence-corrected chi connectivity index (χ4v) is 5.24. The molecule has 15 heavy (non-hydrogen) atoms. The van der Waals surface area contributed by atoms with Crippen molar-refractivity contribution in [2.45, 2.75) is 46.5 Å². The Balaban J connectivity index is 2.02. The quantitative estimate of drug-likeness (QED) is 0.641. The molecule has 0 aromatic rings. The lowest BCUT2D eigenvalue weighted by molar-refractivity contribution is -0.00586. The van der Waals surface area contributed by atoms with Crippen LogP contribution in [-0.4, -0.2) is 19.9 Å². The van der Waals surface area contributed by atoms with Gasteiger partial charge in [-0.3, -0.25) is 0 Å². The molecule has 0 aromatic carbocycles. The largest absolute Gasteiger partial charge is 0.229 e. The van der Waals surface area contributed by atoms with Crippen molar-refractivity contribution < 1.29 is 8.42 Å². The van der Waals surface area contributed by atoms with Crippen molar-refractivity contribution in [3.05, 3.63) is 0 Å². The third kappa shape index (κ3) is 2.22. The predicted molar refractivity (Wildman–Crippen MR) is 62.5 cm³/mol. The zero-order chi connectivity index (χ0) is 11.3. The minimum atomic E-state index is -2.72. The van der Waals surface area contributed by atoms with Gasteiger partial charge in [0.15, 0.2) is 9.84 Å². The highest BCUT2D eigenvalue weighted by Crippen LogP contribution is 2.57. The monoisotopic (exact) mass is 230 g/mol. The topological polar surface area (TPSA) is 34.1 Å². The molecular formula is C12H22O2S. The Morgan fingerprint density at radius 3 is 2.27 bits per heavy atom. The van der Waals surface area contributed by atoms with Crippen molar-refractivity contribution in [1.29, 1.82) is 0 Å². The van der Waals surface area contributed by atoms with Crippen LogP contribution >= 0.6 is 0 Å². The van der Waals surface area contributed by atoms with Crippen molar-refractivity contribution in [1.82, 2.24) is 0 Å². The number of sulfone groups is 1. The summed E-state index contributed by atoms with van der Waals surface area (Å²) in [4.78, 5) is 0. The van der Waals surface area contributed by atoms with Crippen LogP contribution in [0.5, 0.6) is 0 Å². The van der Waals surface area contributed by atoms with Gasteiger partial charge < -0.3 is 0 Å². The van der Waals surface area contributed by atoms with Crippen molar-refractivity contribution in [2.75, 3.05) is 11.5 Å². The first-order chi connectivity index (χ1) is 6.73. The summed E-state index contributed by atoms with van der Waals surface area (Å²) in [7, 11) is -2.72. The molecule has 0 bridgehead atoms. The standard InChI is InChI=1S/C12H22O2S/c1-11(2,3)10-7-12(8-10)5-4-6-15(13,14)9-12/h10H,4-9H2,1-3H3. The number of rotatable bonds is 0. The second-order valence-corrected chi connectivity index (χ2v) is 8.85. The summed E-state index contributed by atoms with van der Waals surface area (Å²) in [5.41, 5.74) is 0.529. The van der Waals surface area contributed by atoms with Gasteiger partial charge in [0.05, 0.1) is 11.5 Å². The summed E-state index contributed by atoms with van der Waals surface area (Å²) >= 11 is 0. The lowest BCUT2D eigenvalue weighted by Crippen LogP contribution is -2.49. The SMILES string of the molecule is CC(C)(C)C1CC2(CCCS(=O)(=O)C2)C1. The molecule has 2 nitrogen and oxygen atoms in total. The van der Waals surface area contributed by atoms with Gasteiger partial charge in [0, 0.05) is 0 Å². The lowest BCUT2D eigenvalue weighted by atomic mass is 9.54. The van der Waals surface area contributed by atoms with E-state index < -0.39 is 9.84 Å². The molecule has 1 aliphatic heterocycles. The molecule has 1 spiro atoms. The number of hydrogen-bond donors (Lipinski definition) is 0. The molecule has 0 radical (unpaired) electrons. The van der Waals surface area contributed by atoms with E-state index in [0.717, 1.165) is 31.6 Å². The van der Waals surface area contributed by atoms with E-state index >= 15 is 0 Å². The van der Waals surface area contributed by atoms with Crippen LogP contribution in [-0.2, 0) is 9.84 Å². The van der Waals surface area contributed by atoms with E-state index in [4.69, 9.17) is 0 Å². The Labute approximate surface area is 93.4 Å². The van der Waals surface area contributed by atoms with E-state index in [1.54, 1.807) is 0 Å². The molecule has 2 aliphatic rings. The highest BCUT2D eigenvalue weighted by Gasteiger charge is 2.51. The van der Waals surface area contributed by atoms with E-state index in [-0.39, 0.29) is 5.41 Å². The summed E-state index contributed by atoms with van der Waals surface area (Å²) in [5, 5.41) is 0. The summed E-state index contributed by atoms with van der Waals surface area (Å²) in [6, 6.07) is 0. The highest BCUT2D eigenvalue weighted by atomic mass is 32.2. The molecule has 1 saturated carbocycles. The smallest absolute Gasteiger partial charge is 0.150 e. The molecule has 0 N–H and O–H groups in total. The van der Waals surface area contributed by atoms with Gasteiger partial charge in [0.25, 0.3) is 0 Å². The number of hydrogen-bond acceptors (Lipinski definition) is 2. The van der Waals surface area contributed by atoms with Gasteiger partial charge in [-0.05, 0) is 42.4 Å². The third-order valence-corrected chi connectivity index (χ3v) is 6.24. The molecule has 88 valence electrons. The first kappa shape index (κ1) is 11.4.